The minimum absolute atomic E-state index is 0.0668. The number of pyridine rings is 4. The van der Waals surface area contributed by atoms with Crippen molar-refractivity contribution in [2.24, 2.45) is 0 Å². The number of likely N-dealkylation sites (N-methyl/N-ethyl adjacent to an activating group) is 2. The van der Waals surface area contributed by atoms with Gasteiger partial charge in [-0.2, -0.15) is 0 Å². The van der Waals surface area contributed by atoms with E-state index in [-0.39, 0.29) is 38.8 Å². The third kappa shape index (κ3) is 10.1. The molecule has 380 valence electrons. The Hall–Kier alpha value is -7.43. The Labute approximate surface area is 440 Å². The zero-order valence-corrected chi connectivity index (χ0v) is 43.7. The van der Waals surface area contributed by atoms with E-state index >= 15 is 4.79 Å². The Balaban J connectivity index is 1.05. The summed E-state index contributed by atoms with van der Waals surface area (Å²) in [7, 11) is 7.22. The number of fused-ring (bicyclic) bond motifs is 2. The zero-order chi connectivity index (χ0) is 51.8. The molecule has 2 fully saturated rings. The number of phenols is 2. The number of halogens is 2. The zero-order valence-electron chi connectivity index (χ0n) is 42.2. The summed E-state index contributed by atoms with van der Waals surface area (Å²) < 4.78 is 10.9. The molecule has 8 aromatic rings. The molecule has 2 aliphatic rings. The van der Waals surface area contributed by atoms with Gasteiger partial charge < -0.3 is 49.9 Å². The summed E-state index contributed by atoms with van der Waals surface area (Å²) in [5.41, 5.74) is 8.69. The first-order chi connectivity index (χ1) is 35.8. The Morgan fingerprint density at radius 2 is 0.946 bits per heavy atom. The largest absolute Gasteiger partial charge is 0.503 e. The molecular formula is C57H58Cl2N10O5. The number of anilines is 6. The van der Waals surface area contributed by atoms with E-state index in [9.17, 15) is 10.2 Å². The molecule has 0 bridgehead atoms. The van der Waals surface area contributed by atoms with Crippen LogP contribution in [0.3, 0.4) is 0 Å². The van der Waals surface area contributed by atoms with Gasteiger partial charge in [-0.3, -0.25) is 14.8 Å². The number of piperazine rings is 2. The van der Waals surface area contributed by atoms with Crippen molar-refractivity contribution in [3.63, 3.8) is 0 Å². The van der Waals surface area contributed by atoms with Crippen LogP contribution in [-0.4, -0.2) is 126 Å². The third-order valence-electron chi connectivity index (χ3n) is 14.4. The molecule has 0 saturated carbocycles. The number of phenolic OH excluding ortho intramolecular Hbond substituents is 2. The quantitative estimate of drug-likeness (QED) is 0.0813. The predicted molar refractivity (Wildman–Crippen MR) is 297 cm³/mol. The van der Waals surface area contributed by atoms with Gasteiger partial charge in [-0.15, -0.1) is 0 Å². The number of hydrogen-bond acceptors (Lipinski definition) is 15. The maximum Gasteiger partial charge on any atom is 0.176 e. The van der Waals surface area contributed by atoms with E-state index in [1.807, 2.05) is 86.9 Å². The number of nitrogens with zero attached hydrogens (tertiary/aromatic N) is 8. The molecule has 10 rings (SSSR count). The second-order valence-electron chi connectivity index (χ2n) is 19.1. The molecule has 0 amide bonds. The van der Waals surface area contributed by atoms with Crippen LogP contribution in [0.2, 0.25) is 10.0 Å². The molecular weight excluding hydrogens is 976 g/mol. The van der Waals surface area contributed by atoms with Crippen LogP contribution in [0.4, 0.5) is 34.4 Å². The first-order valence-electron chi connectivity index (χ1n) is 24.6. The lowest BCUT2D eigenvalue weighted by Crippen LogP contribution is -2.44. The first-order valence-corrected chi connectivity index (χ1v) is 25.4. The number of benzene rings is 4. The minimum atomic E-state index is -0.681. The van der Waals surface area contributed by atoms with Gasteiger partial charge >= 0.3 is 0 Å². The van der Waals surface area contributed by atoms with Crippen molar-refractivity contribution in [2.45, 2.75) is 25.7 Å². The van der Waals surface area contributed by atoms with Gasteiger partial charge in [0.15, 0.2) is 23.0 Å². The maximum atomic E-state index is 15.4. The lowest BCUT2D eigenvalue weighted by atomic mass is 9.84. The molecule has 2 unspecified atom stereocenters. The summed E-state index contributed by atoms with van der Waals surface area (Å²) >= 11 is 13.0. The highest BCUT2D eigenvalue weighted by Gasteiger charge is 2.30. The topological polar surface area (TPSA) is 165 Å². The van der Waals surface area contributed by atoms with Crippen molar-refractivity contribution in [2.75, 3.05) is 101 Å². The van der Waals surface area contributed by atoms with E-state index in [0.29, 0.717) is 33.5 Å². The lowest BCUT2D eigenvalue weighted by Gasteiger charge is -2.33. The Morgan fingerprint density at radius 3 is 1.31 bits per heavy atom. The molecule has 0 spiro atoms. The van der Waals surface area contributed by atoms with Gasteiger partial charge in [0.2, 0.25) is 0 Å². The monoisotopic (exact) mass is 1030 g/mol. The summed E-state index contributed by atoms with van der Waals surface area (Å²) in [5.74, 6) is 0.577. The van der Waals surface area contributed by atoms with Crippen molar-refractivity contribution in [3.05, 3.63) is 131 Å². The van der Waals surface area contributed by atoms with Crippen LogP contribution in [0.5, 0.6) is 23.0 Å². The van der Waals surface area contributed by atoms with E-state index in [1.54, 1.807) is 36.7 Å². The lowest BCUT2D eigenvalue weighted by molar-refractivity contribution is -0.121. The van der Waals surface area contributed by atoms with Crippen LogP contribution in [0.1, 0.15) is 36.8 Å². The summed E-state index contributed by atoms with van der Waals surface area (Å²) in [4.78, 5) is 44.3. The summed E-state index contributed by atoms with van der Waals surface area (Å²) in [5, 5.41) is 30.4. The number of hydrogen-bond donors (Lipinski definition) is 4. The summed E-state index contributed by atoms with van der Waals surface area (Å²) in [6.45, 7) is 11.2. The van der Waals surface area contributed by atoms with Crippen LogP contribution in [-0.2, 0) is 4.79 Å². The molecule has 2 aliphatic heterocycles. The van der Waals surface area contributed by atoms with Gasteiger partial charge in [0.05, 0.1) is 70.4 Å². The van der Waals surface area contributed by atoms with Crippen molar-refractivity contribution in [1.82, 2.24) is 29.7 Å². The van der Waals surface area contributed by atoms with E-state index in [4.69, 9.17) is 52.6 Å². The smallest absolute Gasteiger partial charge is 0.176 e. The number of methoxy groups -OCH3 is 2. The summed E-state index contributed by atoms with van der Waals surface area (Å²) in [6.07, 6.45) is 7.21. The standard InChI is InChI=1S/C57H58Cl2N10O5/c1-33(43-31-60-47-11-7-35(37-25-45(58)56(71)49(27-37)73-5)23-41(47)53(43)64-39-9-13-51(62-29-39)68-19-15-66(3)16-20-68)55(70)34(2)44-32-61-48-12-8-36(38-26-46(59)57(72)50(28-38)74-6)24-42(48)54(44)65-40-10-14-52(63-30-40)69-21-17-67(4)18-22-69/h7-14,23-34,71-72H,15-22H2,1-6H3,(H,60,64)(H,61,65). The van der Waals surface area contributed by atoms with Gasteiger partial charge in [-0.1, -0.05) is 49.2 Å². The predicted octanol–water partition coefficient (Wildman–Crippen LogP) is 11.1. The average Bonchev–Trinajstić information content (AvgIpc) is 3.43. The third-order valence-corrected chi connectivity index (χ3v) is 15.0. The Morgan fingerprint density at radius 1 is 0.541 bits per heavy atom. The molecule has 15 nitrogen and oxygen atoms in total. The number of rotatable bonds is 14. The molecule has 6 heterocycles. The van der Waals surface area contributed by atoms with Crippen LogP contribution >= 0.6 is 23.2 Å². The molecule has 4 aromatic carbocycles. The molecule has 4 aromatic heterocycles. The molecule has 74 heavy (non-hydrogen) atoms. The van der Waals surface area contributed by atoms with Crippen molar-refractivity contribution in [1.29, 1.82) is 0 Å². The number of aromatic hydroxyl groups is 2. The van der Waals surface area contributed by atoms with Gasteiger partial charge in [0.1, 0.15) is 17.4 Å². The highest BCUT2D eigenvalue weighted by atomic mass is 35.5. The van der Waals surface area contributed by atoms with Gasteiger partial charge in [-0.05, 0) is 109 Å². The molecule has 0 radical (unpaired) electrons. The molecule has 2 atom stereocenters. The Bertz CT molecular complexity index is 3160. The number of ketones is 1. The number of ether oxygens (including phenoxy) is 2. The second-order valence-corrected chi connectivity index (χ2v) is 20.0. The second kappa shape index (κ2) is 21.2. The molecule has 4 N–H and O–H groups in total. The molecule has 0 aliphatic carbocycles. The van der Waals surface area contributed by atoms with Crippen LogP contribution in [0, 0.1) is 0 Å². The average molecular weight is 1030 g/mol. The summed E-state index contributed by atoms with van der Waals surface area (Å²) in [6, 6.07) is 26.7. The van der Waals surface area contributed by atoms with Crippen molar-refractivity contribution >= 4 is 85.2 Å². The van der Waals surface area contributed by atoms with Crippen molar-refractivity contribution < 1.29 is 24.5 Å². The fraction of sp³-hybridized carbons (Fsp3) is 0.281. The number of carbonyl (C=O) groups is 1. The normalized spacial score (nSPS) is 15.3. The van der Waals surface area contributed by atoms with E-state index in [0.717, 1.165) is 108 Å². The Kier molecular flexibility index (Phi) is 14.4. The van der Waals surface area contributed by atoms with Crippen LogP contribution in [0.25, 0.3) is 44.1 Å². The van der Waals surface area contributed by atoms with E-state index in [1.165, 1.54) is 14.2 Å². The van der Waals surface area contributed by atoms with Gasteiger partial charge in [-0.25, -0.2) is 9.97 Å². The number of carbonyl (C=O) groups excluding carboxylic acids is 1. The number of Topliss-reactive ketones (excluding diaryl/α,β-unsaturated/α-hetero) is 1. The van der Waals surface area contributed by atoms with Crippen LogP contribution < -0.4 is 29.9 Å². The minimum Gasteiger partial charge on any atom is -0.503 e. The number of aromatic nitrogens is 4. The van der Waals surface area contributed by atoms with E-state index < -0.39 is 11.8 Å². The molecule has 2 saturated heterocycles. The SMILES string of the molecule is COc1cc(-c2ccc3ncc(C(C)C(=O)C(C)c4cnc5ccc(-c6cc(Cl)c(O)c(OC)c6)cc5c4Nc4ccc(N5CCN(C)CC5)nc4)c(Nc4ccc(N5CCN(C)CC5)nc4)c3c2)cc(Cl)c1O. The fourth-order valence-electron chi connectivity index (χ4n) is 9.84. The highest BCUT2D eigenvalue weighted by Crippen LogP contribution is 2.44. The van der Waals surface area contributed by atoms with Gasteiger partial charge in [0, 0.05) is 98.5 Å². The van der Waals surface area contributed by atoms with E-state index in [2.05, 4.69) is 44.3 Å². The van der Waals surface area contributed by atoms with Crippen molar-refractivity contribution in [3.8, 4) is 45.3 Å². The fourth-order valence-corrected chi connectivity index (χ4v) is 10.3. The maximum absolute atomic E-state index is 15.4. The molecule has 17 heteroatoms. The first kappa shape index (κ1) is 50.1. The van der Waals surface area contributed by atoms with Crippen LogP contribution in [0.15, 0.2) is 110 Å². The van der Waals surface area contributed by atoms with Gasteiger partial charge in [0.25, 0.3) is 0 Å². The number of nitrogens with one attached hydrogen (secondary N) is 2. The highest BCUT2D eigenvalue weighted by molar-refractivity contribution is 6.33.